The molecule has 2 aromatic rings. The molecule has 5 nitrogen and oxygen atoms in total. The van der Waals surface area contributed by atoms with Crippen LogP contribution in [0, 0.1) is 0 Å². The van der Waals surface area contributed by atoms with Crippen LogP contribution in [0.5, 0.6) is 11.5 Å². The van der Waals surface area contributed by atoms with Crippen LogP contribution in [0.4, 0.5) is 5.69 Å². The fourth-order valence-corrected chi connectivity index (χ4v) is 2.05. The van der Waals surface area contributed by atoms with E-state index in [1.807, 2.05) is 48.5 Å². The van der Waals surface area contributed by atoms with Gasteiger partial charge in [0.25, 0.3) is 0 Å². The molecule has 2 rings (SSSR count). The van der Waals surface area contributed by atoms with Gasteiger partial charge in [-0.1, -0.05) is 12.1 Å². The fraction of sp³-hybridized carbons (Fsp3) is 0.278. The standard InChI is InChI=1S/C18H22N2O3.ClH/c1-22-16-6-8-17(9-7-16)23-13-11-18(21)20-12-10-14-2-4-15(19)5-3-14;/h2-9H,10-13,19H2,1H3,(H,20,21);1H. The lowest BCUT2D eigenvalue weighted by Crippen LogP contribution is -2.27. The molecule has 3 N–H and O–H groups in total. The van der Waals surface area contributed by atoms with Gasteiger partial charge in [0, 0.05) is 12.2 Å². The highest BCUT2D eigenvalue weighted by atomic mass is 35.5. The van der Waals surface area contributed by atoms with E-state index in [0.717, 1.165) is 29.2 Å². The number of nitrogen functional groups attached to an aromatic ring is 1. The number of rotatable bonds is 8. The minimum atomic E-state index is -0.0195. The molecule has 0 saturated heterocycles. The number of carbonyl (C=O) groups is 1. The zero-order chi connectivity index (χ0) is 16.5. The van der Waals surface area contributed by atoms with Crippen LogP contribution in [0.15, 0.2) is 48.5 Å². The third kappa shape index (κ3) is 6.79. The largest absolute Gasteiger partial charge is 0.497 e. The highest BCUT2D eigenvalue weighted by Crippen LogP contribution is 2.16. The van der Waals surface area contributed by atoms with Crippen molar-refractivity contribution in [1.82, 2.24) is 5.32 Å². The molecule has 0 fully saturated rings. The summed E-state index contributed by atoms with van der Waals surface area (Å²) in [5.41, 5.74) is 7.52. The highest BCUT2D eigenvalue weighted by Gasteiger charge is 2.02. The first-order chi connectivity index (χ1) is 11.2. The summed E-state index contributed by atoms with van der Waals surface area (Å²) >= 11 is 0. The third-order valence-corrected chi connectivity index (χ3v) is 3.37. The predicted molar refractivity (Wildman–Crippen MR) is 97.9 cm³/mol. The molecule has 0 atom stereocenters. The average Bonchev–Trinajstić information content (AvgIpc) is 2.57. The smallest absolute Gasteiger partial charge is 0.223 e. The Bertz CT molecular complexity index is 615. The number of nitrogens with two attached hydrogens (primary N) is 1. The summed E-state index contributed by atoms with van der Waals surface area (Å²) in [6, 6.07) is 14.9. The molecule has 0 bridgehead atoms. The van der Waals surface area contributed by atoms with Gasteiger partial charge in [0.1, 0.15) is 11.5 Å². The summed E-state index contributed by atoms with van der Waals surface area (Å²) in [4.78, 5) is 11.7. The van der Waals surface area contributed by atoms with Crippen molar-refractivity contribution in [2.45, 2.75) is 12.8 Å². The lowest BCUT2D eigenvalue weighted by atomic mass is 10.1. The van der Waals surface area contributed by atoms with Crippen molar-refractivity contribution in [2.75, 3.05) is 26.0 Å². The number of hydrogen-bond acceptors (Lipinski definition) is 4. The van der Waals surface area contributed by atoms with Crippen molar-refractivity contribution in [3.8, 4) is 11.5 Å². The molecule has 0 heterocycles. The Morgan fingerprint density at radius 2 is 1.67 bits per heavy atom. The zero-order valence-electron chi connectivity index (χ0n) is 13.7. The van der Waals surface area contributed by atoms with Gasteiger partial charge in [-0.05, 0) is 48.4 Å². The number of ether oxygens (including phenoxy) is 2. The number of anilines is 1. The molecule has 0 saturated carbocycles. The number of methoxy groups -OCH3 is 1. The second-order valence-corrected chi connectivity index (χ2v) is 5.12. The van der Waals surface area contributed by atoms with E-state index in [1.165, 1.54) is 0 Å². The van der Waals surface area contributed by atoms with Crippen LogP contribution in [0.1, 0.15) is 12.0 Å². The monoisotopic (exact) mass is 350 g/mol. The quantitative estimate of drug-likeness (QED) is 0.718. The minimum absolute atomic E-state index is 0. The number of benzene rings is 2. The average molecular weight is 351 g/mol. The second kappa shape index (κ2) is 10.4. The lowest BCUT2D eigenvalue weighted by molar-refractivity contribution is -0.121. The van der Waals surface area contributed by atoms with Crippen molar-refractivity contribution < 1.29 is 14.3 Å². The fourth-order valence-electron chi connectivity index (χ4n) is 2.05. The Kier molecular flexibility index (Phi) is 8.50. The van der Waals surface area contributed by atoms with E-state index in [9.17, 15) is 4.79 Å². The number of carbonyl (C=O) groups excluding carboxylic acids is 1. The SMILES string of the molecule is COc1ccc(OCCC(=O)NCCc2ccc(N)cc2)cc1.Cl. The van der Waals surface area contributed by atoms with Crippen LogP contribution in [0.3, 0.4) is 0 Å². The maximum atomic E-state index is 11.7. The molecule has 1 amide bonds. The molecule has 24 heavy (non-hydrogen) atoms. The molecule has 130 valence electrons. The van der Waals surface area contributed by atoms with Crippen LogP contribution in [0.25, 0.3) is 0 Å². The minimum Gasteiger partial charge on any atom is -0.497 e. The van der Waals surface area contributed by atoms with Crippen molar-refractivity contribution in [3.05, 3.63) is 54.1 Å². The molecular formula is C18H23ClN2O3. The van der Waals surface area contributed by atoms with E-state index in [4.69, 9.17) is 15.2 Å². The molecule has 6 heteroatoms. The molecule has 0 aromatic heterocycles. The van der Waals surface area contributed by atoms with Crippen LogP contribution >= 0.6 is 12.4 Å². The third-order valence-electron chi connectivity index (χ3n) is 3.37. The van der Waals surface area contributed by atoms with Crippen LogP contribution in [0.2, 0.25) is 0 Å². The molecule has 0 radical (unpaired) electrons. The summed E-state index contributed by atoms with van der Waals surface area (Å²) in [6.07, 6.45) is 1.11. The lowest BCUT2D eigenvalue weighted by Gasteiger charge is -2.08. The topological polar surface area (TPSA) is 73.6 Å². The Hall–Kier alpha value is -2.40. The molecule has 0 aliphatic rings. The van der Waals surface area contributed by atoms with Gasteiger partial charge in [0.2, 0.25) is 5.91 Å². The van der Waals surface area contributed by atoms with E-state index >= 15 is 0 Å². The van der Waals surface area contributed by atoms with Crippen molar-refractivity contribution in [3.63, 3.8) is 0 Å². The highest BCUT2D eigenvalue weighted by molar-refractivity contribution is 5.85. The Morgan fingerprint density at radius 1 is 1.04 bits per heavy atom. The Labute approximate surface area is 148 Å². The van der Waals surface area contributed by atoms with E-state index in [2.05, 4.69) is 5.32 Å². The zero-order valence-corrected chi connectivity index (χ0v) is 14.5. The normalized spacial score (nSPS) is 9.71. The Balaban J connectivity index is 0.00000288. The van der Waals surface area contributed by atoms with Crippen molar-refractivity contribution in [2.24, 2.45) is 0 Å². The van der Waals surface area contributed by atoms with Gasteiger partial charge >= 0.3 is 0 Å². The first-order valence-corrected chi connectivity index (χ1v) is 7.55. The molecule has 0 aliphatic carbocycles. The van der Waals surface area contributed by atoms with E-state index in [0.29, 0.717) is 19.6 Å². The summed E-state index contributed by atoms with van der Waals surface area (Å²) in [7, 11) is 1.62. The first kappa shape index (κ1) is 19.6. The van der Waals surface area contributed by atoms with Gasteiger partial charge in [-0.25, -0.2) is 0 Å². The molecule has 2 aromatic carbocycles. The first-order valence-electron chi connectivity index (χ1n) is 7.55. The van der Waals surface area contributed by atoms with Gasteiger partial charge in [0.05, 0.1) is 20.1 Å². The van der Waals surface area contributed by atoms with E-state index < -0.39 is 0 Å². The number of amides is 1. The summed E-state index contributed by atoms with van der Waals surface area (Å²) in [5.74, 6) is 1.48. The van der Waals surface area contributed by atoms with Crippen LogP contribution in [-0.4, -0.2) is 26.2 Å². The van der Waals surface area contributed by atoms with Crippen LogP contribution in [-0.2, 0) is 11.2 Å². The van der Waals surface area contributed by atoms with Gasteiger partial charge in [-0.3, -0.25) is 4.79 Å². The number of hydrogen-bond donors (Lipinski definition) is 2. The molecule has 0 unspecified atom stereocenters. The van der Waals surface area contributed by atoms with Gasteiger partial charge in [-0.2, -0.15) is 0 Å². The maximum Gasteiger partial charge on any atom is 0.223 e. The number of halogens is 1. The van der Waals surface area contributed by atoms with Crippen molar-refractivity contribution >= 4 is 24.0 Å². The van der Waals surface area contributed by atoms with Gasteiger partial charge in [-0.15, -0.1) is 12.4 Å². The predicted octanol–water partition coefficient (Wildman–Crippen LogP) is 2.83. The molecule has 0 spiro atoms. The molecule has 0 aliphatic heterocycles. The van der Waals surface area contributed by atoms with E-state index in [-0.39, 0.29) is 18.3 Å². The summed E-state index contributed by atoms with van der Waals surface area (Å²) in [6.45, 7) is 0.950. The van der Waals surface area contributed by atoms with Crippen LogP contribution < -0.4 is 20.5 Å². The molecular weight excluding hydrogens is 328 g/mol. The van der Waals surface area contributed by atoms with Gasteiger partial charge < -0.3 is 20.5 Å². The van der Waals surface area contributed by atoms with Crippen molar-refractivity contribution in [1.29, 1.82) is 0 Å². The maximum absolute atomic E-state index is 11.7. The Morgan fingerprint density at radius 3 is 2.29 bits per heavy atom. The second-order valence-electron chi connectivity index (χ2n) is 5.12. The van der Waals surface area contributed by atoms with E-state index in [1.54, 1.807) is 7.11 Å². The summed E-state index contributed by atoms with van der Waals surface area (Å²) < 4.78 is 10.6. The number of nitrogens with one attached hydrogen (secondary N) is 1. The van der Waals surface area contributed by atoms with Gasteiger partial charge in [0.15, 0.2) is 0 Å². The summed E-state index contributed by atoms with van der Waals surface area (Å²) in [5, 5.41) is 2.88.